The summed E-state index contributed by atoms with van der Waals surface area (Å²) in [6, 6.07) is 10.1. The van der Waals surface area contributed by atoms with Crippen LogP contribution in [0.2, 0.25) is 0 Å². The molecule has 0 radical (unpaired) electrons. The molecule has 2 bridgehead atoms. The van der Waals surface area contributed by atoms with Gasteiger partial charge in [-0.15, -0.1) is 0 Å². The van der Waals surface area contributed by atoms with E-state index in [9.17, 15) is 4.79 Å². The van der Waals surface area contributed by atoms with Gasteiger partial charge < -0.3 is 10.6 Å². The van der Waals surface area contributed by atoms with Gasteiger partial charge in [-0.05, 0) is 37.7 Å². The van der Waals surface area contributed by atoms with Crippen molar-refractivity contribution >= 4 is 5.91 Å². The third-order valence-corrected chi connectivity index (χ3v) is 4.49. The minimum atomic E-state index is -0.897. The zero-order chi connectivity index (χ0) is 12.8. The van der Waals surface area contributed by atoms with Crippen LogP contribution in [-0.4, -0.2) is 23.4 Å². The quantitative estimate of drug-likeness (QED) is 0.863. The summed E-state index contributed by atoms with van der Waals surface area (Å²) in [6.45, 7) is 2.74. The van der Waals surface area contributed by atoms with Crippen LogP contribution in [0.3, 0.4) is 0 Å². The normalized spacial score (nSPS) is 29.3. The van der Waals surface area contributed by atoms with Gasteiger partial charge in [-0.3, -0.25) is 4.79 Å². The van der Waals surface area contributed by atoms with E-state index in [1.165, 1.54) is 12.8 Å². The molecule has 3 unspecified atom stereocenters. The molecule has 1 aromatic carbocycles. The Morgan fingerprint density at radius 1 is 1.33 bits per heavy atom. The Labute approximate surface area is 108 Å². The number of carbonyl (C=O) groups excluding carboxylic acids is 1. The number of carbonyl (C=O) groups is 1. The van der Waals surface area contributed by atoms with E-state index in [1.807, 2.05) is 42.2 Å². The van der Waals surface area contributed by atoms with E-state index in [0.717, 1.165) is 18.5 Å². The summed E-state index contributed by atoms with van der Waals surface area (Å²) in [6.07, 6.45) is 3.61. The zero-order valence-electron chi connectivity index (χ0n) is 10.8. The molecular weight excluding hydrogens is 224 g/mol. The number of nitrogens with two attached hydrogens (primary N) is 1. The van der Waals surface area contributed by atoms with E-state index in [1.54, 1.807) is 0 Å². The number of likely N-dealkylation sites (tertiary alicyclic amines) is 1. The van der Waals surface area contributed by atoms with Gasteiger partial charge in [0.2, 0.25) is 5.91 Å². The predicted octanol–water partition coefficient (Wildman–Crippen LogP) is 1.87. The number of benzene rings is 1. The van der Waals surface area contributed by atoms with E-state index in [0.29, 0.717) is 12.0 Å². The summed E-state index contributed by atoms with van der Waals surface area (Å²) < 4.78 is 0. The van der Waals surface area contributed by atoms with Crippen molar-refractivity contribution < 1.29 is 4.79 Å². The Bertz CT molecular complexity index is 455. The van der Waals surface area contributed by atoms with Crippen molar-refractivity contribution in [3.05, 3.63) is 35.9 Å². The van der Waals surface area contributed by atoms with Crippen LogP contribution in [0.25, 0.3) is 0 Å². The van der Waals surface area contributed by atoms with Crippen molar-refractivity contribution in [1.82, 2.24) is 4.90 Å². The number of nitrogens with zero attached hydrogens (tertiary/aromatic N) is 1. The van der Waals surface area contributed by atoms with Crippen LogP contribution >= 0.6 is 0 Å². The molecule has 3 rings (SSSR count). The first-order valence-electron chi connectivity index (χ1n) is 6.74. The van der Waals surface area contributed by atoms with Crippen molar-refractivity contribution in [2.24, 2.45) is 11.7 Å². The zero-order valence-corrected chi connectivity index (χ0v) is 10.8. The molecule has 1 saturated heterocycles. The molecule has 3 atom stereocenters. The highest BCUT2D eigenvalue weighted by atomic mass is 16.2. The Morgan fingerprint density at radius 3 is 2.61 bits per heavy atom. The molecular formula is C15H20N2O. The molecule has 1 aliphatic heterocycles. The monoisotopic (exact) mass is 244 g/mol. The Hall–Kier alpha value is -1.35. The lowest BCUT2D eigenvalue weighted by molar-refractivity contribution is -0.138. The van der Waals surface area contributed by atoms with E-state index >= 15 is 0 Å². The highest BCUT2D eigenvalue weighted by Crippen LogP contribution is 2.39. The number of piperidine rings is 1. The summed E-state index contributed by atoms with van der Waals surface area (Å²) >= 11 is 0. The molecule has 96 valence electrons. The highest BCUT2D eigenvalue weighted by molar-refractivity contribution is 5.87. The average molecular weight is 244 g/mol. The lowest BCUT2D eigenvalue weighted by atomic mass is 9.91. The summed E-state index contributed by atoms with van der Waals surface area (Å²) in [7, 11) is 0. The largest absolute Gasteiger partial charge is 0.338 e. The number of amides is 1. The number of hydrogen-bond donors (Lipinski definition) is 1. The Balaban J connectivity index is 1.84. The van der Waals surface area contributed by atoms with E-state index < -0.39 is 5.54 Å². The standard InChI is InChI=1S/C15H20N2O/c1-15(16,12-5-3-2-4-6-12)14(18)17-10-11-7-8-13(17)9-11/h2-6,11,13H,7-10,16H2,1H3. The lowest BCUT2D eigenvalue weighted by Crippen LogP contribution is -2.53. The van der Waals surface area contributed by atoms with Crippen LogP contribution in [0.4, 0.5) is 0 Å². The molecule has 3 nitrogen and oxygen atoms in total. The minimum Gasteiger partial charge on any atom is -0.338 e. The molecule has 1 aliphatic carbocycles. The number of rotatable bonds is 2. The van der Waals surface area contributed by atoms with Crippen molar-refractivity contribution in [1.29, 1.82) is 0 Å². The third kappa shape index (κ3) is 1.74. The molecule has 2 aliphatic rings. The Kier molecular flexibility index (Phi) is 2.67. The SMILES string of the molecule is CC(N)(C(=O)N1CC2CCC1C2)c1ccccc1. The van der Waals surface area contributed by atoms with Crippen molar-refractivity contribution in [3.63, 3.8) is 0 Å². The maximum Gasteiger partial charge on any atom is 0.247 e. The molecule has 0 spiro atoms. The smallest absolute Gasteiger partial charge is 0.247 e. The fourth-order valence-corrected chi connectivity index (χ4v) is 3.38. The molecule has 2 fully saturated rings. The van der Waals surface area contributed by atoms with Gasteiger partial charge in [0.15, 0.2) is 0 Å². The first kappa shape index (κ1) is 11.7. The van der Waals surface area contributed by atoms with E-state index in [2.05, 4.69) is 0 Å². The van der Waals surface area contributed by atoms with Crippen LogP contribution in [0.15, 0.2) is 30.3 Å². The fourth-order valence-electron chi connectivity index (χ4n) is 3.38. The molecule has 1 amide bonds. The lowest BCUT2D eigenvalue weighted by Gasteiger charge is -2.34. The summed E-state index contributed by atoms with van der Waals surface area (Å²) in [5, 5.41) is 0. The van der Waals surface area contributed by atoms with E-state index in [4.69, 9.17) is 5.73 Å². The molecule has 1 aromatic rings. The first-order valence-corrected chi connectivity index (χ1v) is 6.74. The van der Waals surface area contributed by atoms with Crippen molar-refractivity contribution in [2.75, 3.05) is 6.54 Å². The van der Waals surface area contributed by atoms with Crippen LogP contribution in [-0.2, 0) is 10.3 Å². The van der Waals surface area contributed by atoms with Gasteiger partial charge in [-0.2, -0.15) is 0 Å². The summed E-state index contributed by atoms with van der Waals surface area (Å²) in [4.78, 5) is 14.7. The average Bonchev–Trinajstić information content (AvgIpc) is 3.01. The highest BCUT2D eigenvalue weighted by Gasteiger charge is 2.45. The molecule has 2 N–H and O–H groups in total. The second-order valence-electron chi connectivity index (χ2n) is 5.86. The topological polar surface area (TPSA) is 46.3 Å². The minimum absolute atomic E-state index is 0.0842. The summed E-state index contributed by atoms with van der Waals surface area (Å²) in [5.41, 5.74) is 6.31. The first-order chi connectivity index (χ1) is 8.59. The molecule has 18 heavy (non-hydrogen) atoms. The van der Waals surface area contributed by atoms with Gasteiger partial charge in [0.1, 0.15) is 5.54 Å². The van der Waals surface area contributed by atoms with Gasteiger partial charge >= 0.3 is 0 Å². The van der Waals surface area contributed by atoms with Gasteiger partial charge in [-0.25, -0.2) is 0 Å². The molecule has 1 saturated carbocycles. The molecule has 1 heterocycles. The Morgan fingerprint density at radius 2 is 2.06 bits per heavy atom. The third-order valence-electron chi connectivity index (χ3n) is 4.49. The number of fused-ring (bicyclic) bond motifs is 2. The summed E-state index contributed by atoms with van der Waals surface area (Å²) in [5.74, 6) is 0.798. The van der Waals surface area contributed by atoms with E-state index in [-0.39, 0.29) is 5.91 Å². The second kappa shape index (κ2) is 4.09. The number of hydrogen-bond acceptors (Lipinski definition) is 2. The fraction of sp³-hybridized carbons (Fsp3) is 0.533. The maximum absolute atomic E-state index is 12.7. The van der Waals surface area contributed by atoms with Crippen molar-refractivity contribution in [3.8, 4) is 0 Å². The molecule has 3 heteroatoms. The van der Waals surface area contributed by atoms with Gasteiger partial charge in [0.05, 0.1) is 0 Å². The second-order valence-corrected chi connectivity index (χ2v) is 5.86. The van der Waals surface area contributed by atoms with Crippen LogP contribution in [0.1, 0.15) is 31.7 Å². The van der Waals surface area contributed by atoms with Gasteiger partial charge in [0.25, 0.3) is 0 Å². The van der Waals surface area contributed by atoms with Crippen molar-refractivity contribution in [2.45, 2.75) is 37.8 Å². The van der Waals surface area contributed by atoms with Gasteiger partial charge in [-0.1, -0.05) is 30.3 Å². The predicted molar refractivity (Wildman–Crippen MR) is 70.8 cm³/mol. The van der Waals surface area contributed by atoms with Crippen LogP contribution in [0, 0.1) is 5.92 Å². The molecule has 0 aromatic heterocycles. The van der Waals surface area contributed by atoms with Gasteiger partial charge in [0, 0.05) is 12.6 Å². The van der Waals surface area contributed by atoms with Crippen LogP contribution in [0.5, 0.6) is 0 Å². The maximum atomic E-state index is 12.7. The van der Waals surface area contributed by atoms with Crippen LogP contribution < -0.4 is 5.73 Å².